The number of para-hydroxylation sites is 1. The van der Waals surface area contributed by atoms with Crippen LogP contribution in [-0.4, -0.2) is 12.5 Å². The van der Waals surface area contributed by atoms with E-state index in [1.807, 2.05) is 36.4 Å². The quantitative estimate of drug-likeness (QED) is 0.868. The third kappa shape index (κ3) is 4.78. The first-order chi connectivity index (χ1) is 10.6. The van der Waals surface area contributed by atoms with Gasteiger partial charge >= 0.3 is 0 Å². The van der Waals surface area contributed by atoms with Gasteiger partial charge in [-0.15, -0.1) is 0 Å². The van der Waals surface area contributed by atoms with Crippen LogP contribution in [0, 0.1) is 0 Å². The Labute approximate surface area is 136 Å². The fraction of sp³-hybridized carbons (Fsp3) is 0.278. The van der Waals surface area contributed by atoms with E-state index in [-0.39, 0.29) is 12.5 Å². The predicted molar refractivity (Wildman–Crippen MR) is 89.3 cm³/mol. The number of hydrogen-bond donors (Lipinski definition) is 1. The predicted octanol–water partition coefficient (Wildman–Crippen LogP) is 4.16. The third-order valence-electron chi connectivity index (χ3n) is 3.30. The highest BCUT2D eigenvalue weighted by Crippen LogP contribution is 2.25. The first-order valence-corrected chi connectivity index (χ1v) is 7.67. The minimum absolute atomic E-state index is 0.0112. The molecule has 0 radical (unpaired) electrons. The average molecular weight is 318 g/mol. The van der Waals surface area contributed by atoms with Crippen molar-refractivity contribution in [3.63, 3.8) is 0 Å². The van der Waals surface area contributed by atoms with Gasteiger partial charge in [0.2, 0.25) is 0 Å². The van der Waals surface area contributed by atoms with Gasteiger partial charge in [-0.05, 0) is 35.2 Å². The van der Waals surface area contributed by atoms with Crippen molar-refractivity contribution in [1.82, 2.24) is 5.32 Å². The molecule has 0 aromatic heterocycles. The van der Waals surface area contributed by atoms with Crippen molar-refractivity contribution >= 4 is 17.5 Å². The Bertz CT molecular complexity index is 623. The Morgan fingerprint density at radius 3 is 2.50 bits per heavy atom. The number of ether oxygens (including phenoxy) is 1. The van der Waals surface area contributed by atoms with Crippen molar-refractivity contribution in [3.8, 4) is 5.75 Å². The van der Waals surface area contributed by atoms with Crippen molar-refractivity contribution in [1.29, 1.82) is 0 Å². The van der Waals surface area contributed by atoms with Gasteiger partial charge in [-0.1, -0.05) is 55.8 Å². The van der Waals surface area contributed by atoms with Crippen molar-refractivity contribution in [2.45, 2.75) is 26.3 Å². The molecular weight excluding hydrogens is 298 g/mol. The lowest BCUT2D eigenvalue weighted by Gasteiger charge is -2.13. The second-order valence-corrected chi connectivity index (χ2v) is 5.82. The van der Waals surface area contributed by atoms with Gasteiger partial charge in [-0.2, -0.15) is 0 Å². The lowest BCUT2D eigenvalue weighted by atomic mass is 10.0. The van der Waals surface area contributed by atoms with E-state index in [1.165, 1.54) is 0 Å². The van der Waals surface area contributed by atoms with Gasteiger partial charge in [-0.3, -0.25) is 4.79 Å². The molecule has 0 spiro atoms. The van der Waals surface area contributed by atoms with E-state index in [9.17, 15) is 4.79 Å². The maximum Gasteiger partial charge on any atom is 0.258 e. The van der Waals surface area contributed by atoms with Crippen LogP contribution in [0.5, 0.6) is 5.75 Å². The Morgan fingerprint density at radius 2 is 1.82 bits per heavy atom. The lowest BCUT2D eigenvalue weighted by molar-refractivity contribution is -0.123. The van der Waals surface area contributed by atoms with Gasteiger partial charge in [-0.25, -0.2) is 0 Å². The molecule has 0 aliphatic rings. The number of hydrogen-bond acceptors (Lipinski definition) is 2. The monoisotopic (exact) mass is 317 g/mol. The molecule has 4 heteroatoms. The normalized spacial score (nSPS) is 10.5. The molecule has 0 atom stereocenters. The van der Waals surface area contributed by atoms with E-state index >= 15 is 0 Å². The van der Waals surface area contributed by atoms with Crippen LogP contribution in [0.3, 0.4) is 0 Å². The van der Waals surface area contributed by atoms with Crippen molar-refractivity contribution < 1.29 is 9.53 Å². The summed E-state index contributed by atoms with van der Waals surface area (Å²) in [4.78, 5) is 11.9. The van der Waals surface area contributed by atoms with E-state index in [2.05, 4.69) is 19.2 Å². The van der Waals surface area contributed by atoms with Crippen molar-refractivity contribution in [2.24, 2.45) is 0 Å². The third-order valence-corrected chi connectivity index (χ3v) is 3.55. The van der Waals surface area contributed by atoms with Crippen LogP contribution in [0.2, 0.25) is 5.02 Å². The summed E-state index contributed by atoms with van der Waals surface area (Å²) in [6.45, 7) is 4.67. The zero-order chi connectivity index (χ0) is 15.9. The first-order valence-electron chi connectivity index (χ1n) is 7.29. The first kappa shape index (κ1) is 16.4. The van der Waals surface area contributed by atoms with Gasteiger partial charge in [0, 0.05) is 11.6 Å². The fourth-order valence-electron chi connectivity index (χ4n) is 2.09. The molecule has 22 heavy (non-hydrogen) atoms. The molecule has 0 heterocycles. The van der Waals surface area contributed by atoms with E-state index in [4.69, 9.17) is 16.3 Å². The summed E-state index contributed by atoms with van der Waals surface area (Å²) in [6.07, 6.45) is 0. The minimum atomic E-state index is -0.145. The summed E-state index contributed by atoms with van der Waals surface area (Å²) in [5.41, 5.74) is 2.10. The number of rotatable bonds is 6. The number of halogens is 1. The molecular formula is C18H20ClNO2. The zero-order valence-electron chi connectivity index (χ0n) is 12.8. The zero-order valence-corrected chi connectivity index (χ0v) is 13.6. The summed E-state index contributed by atoms with van der Waals surface area (Å²) >= 11 is 5.82. The van der Waals surface area contributed by atoms with E-state index in [0.717, 1.165) is 16.9 Å². The molecule has 0 fully saturated rings. The number of benzene rings is 2. The molecule has 3 nitrogen and oxygen atoms in total. The van der Waals surface area contributed by atoms with Crippen molar-refractivity contribution in [2.75, 3.05) is 6.61 Å². The SMILES string of the molecule is CC(C)c1ccccc1OCC(=O)NCc1ccc(Cl)cc1. The highest BCUT2D eigenvalue weighted by molar-refractivity contribution is 6.30. The summed E-state index contributed by atoms with van der Waals surface area (Å²) < 4.78 is 5.63. The standard InChI is InChI=1S/C18H20ClNO2/c1-13(2)16-5-3-4-6-17(16)22-12-18(21)20-11-14-7-9-15(19)10-8-14/h3-10,13H,11-12H2,1-2H3,(H,20,21). The molecule has 0 saturated heterocycles. The molecule has 116 valence electrons. The summed E-state index contributed by atoms with van der Waals surface area (Å²) in [7, 11) is 0. The fourth-order valence-corrected chi connectivity index (χ4v) is 2.21. The maximum atomic E-state index is 11.9. The Hall–Kier alpha value is -2.00. The van der Waals surface area contributed by atoms with Gasteiger partial charge in [0.05, 0.1) is 0 Å². The largest absolute Gasteiger partial charge is 0.483 e. The summed E-state index contributed by atoms with van der Waals surface area (Å²) in [6, 6.07) is 15.2. The molecule has 1 amide bonds. The Balaban J connectivity index is 1.84. The molecule has 2 rings (SSSR count). The summed E-state index contributed by atoms with van der Waals surface area (Å²) in [5.74, 6) is 0.973. The molecule has 0 aliphatic heterocycles. The van der Waals surface area contributed by atoms with Crippen LogP contribution in [-0.2, 0) is 11.3 Å². The minimum Gasteiger partial charge on any atom is -0.483 e. The number of amides is 1. The average Bonchev–Trinajstić information content (AvgIpc) is 2.52. The van der Waals surface area contributed by atoms with Gasteiger partial charge in [0.15, 0.2) is 6.61 Å². The summed E-state index contributed by atoms with van der Waals surface area (Å²) in [5, 5.41) is 3.51. The topological polar surface area (TPSA) is 38.3 Å². The smallest absolute Gasteiger partial charge is 0.258 e. The van der Waals surface area contributed by atoms with Gasteiger partial charge < -0.3 is 10.1 Å². The molecule has 0 aliphatic carbocycles. The Morgan fingerprint density at radius 1 is 1.14 bits per heavy atom. The molecule has 0 saturated carbocycles. The van der Waals surface area contributed by atoms with Crippen LogP contribution in [0.4, 0.5) is 0 Å². The van der Waals surface area contributed by atoms with Crippen LogP contribution in [0.15, 0.2) is 48.5 Å². The van der Waals surface area contributed by atoms with Crippen LogP contribution < -0.4 is 10.1 Å². The molecule has 1 N–H and O–H groups in total. The lowest BCUT2D eigenvalue weighted by Crippen LogP contribution is -2.28. The number of carbonyl (C=O) groups is 1. The van der Waals surface area contributed by atoms with E-state index in [0.29, 0.717) is 17.5 Å². The Kier molecular flexibility index (Phi) is 5.84. The maximum absolute atomic E-state index is 11.9. The van der Waals surface area contributed by atoms with E-state index in [1.54, 1.807) is 12.1 Å². The molecule has 2 aromatic rings. The van der Waals surface area contributed by atoms with Crippen molar-refractivity contribution in [3.05, 3.63) is 64.7 Å². The van der Waals surface area contributed by atoms with E-state index < -0.39 is 0 Å². The highest BCUT2D eigenvalue weighted by atomic mass is 35.5. The van der Waals surface area contributed by atoms with Gasteiger partial charge in [0.25, 0.3) is 5.91 Å². The number of carbonyl (C=O) groups excluding carboxylic acids is 1. The van der Waals surface area contributed by atoms with Crippen LogP contribution in [0.1, 0.15) is 30.9 Å². The second kappa shape index (κ2) is 7.85. The molecule has 2 aromatic carbocycles. The second-order valence-electron chi connectivity index (χ2n) is 5.38. The van der Waals surface area contributed by atoms with Crippen LogP contribution in [0.25, 0.3) is 0 Å². The van der Waals surface area contributed by atoms with Gasteiger partial charge in [0.1, 0.15) is 5.75 Å². The molecule has 0 unspecified atom stereocenters. The highest BCUT2D eigenvalue weighted by Gasteiger charge is 2.09. The molecule has 0 bridgehead atoms. The number of nitrogens with one attached hydrogen (secondary N) is 1. The van der Waals surface area contributed by atoms with Crippen LogP contribution >= 0.6 is 11.6 Å².